The van der Waals surface area contributed by atoms with Crippen molar-refractivity contribution in [3.8, 4) is 5.75 Å². The van der Waals surface area contributed by atoms with E-state index in [1.165, 1.54) is 12.3 Å². The van der Waals surface area contributed by atoms with E-state index in [1.54, 1.807) is 32.0 Å². The molecule has 11 heteroatoms. The molecular formula is C27H34O11. The predicted octanol–water partition coefficient (Wildman–Crippen LogP) is 1.60. The smallest absolute Gasteiger partial charge is 0.336 e. The van der Waals surface area contributed by atoms with Crippen LogP contribution in [0.1, 0.15) is 33.6 Å². The Morgan fingerprint density at radius 2 is 1.84 bits per heavy atom. The Morgan fingerprint density at radius 1 is 1.11 bits per heavy atom. The summed E-state index contributed by atoms with van der Waals surface area (Å²) in [6.07, 6.45) is -3.65. The number of aliphatic hydroxyl groups excluding tert-OH is 4. The molecule has 0 amide bonds. The van der Waals surface area contributed by atoms with E-state index < -0.39 is 54.6 Å². The average Bonchev–Trinajstić information content (AvgIpc) is 3.33. The summed E-state index contributed by atoms with van der Waals surface area (Å²) in [4.78, 5) is 11.6. The van der Waals surface area contributed by atoms with Crippen molar-refractivity contribution in [3.63, 3.8) is 0 Å². The highest BCUT2D eigenvalue weighted by atomic mass is 16.7. The highest BCUT2D eigenvalue weighted by Gasteiger charge is 2.46. The molecule has 5 N–H and O–H groups in total. The standard InChI is InChI=1S/C27H34O11/c1-14(4-6-20(27(2,3)33)38-26-24(32)23(31)22(30)19(13-28)37-26)8-10-35-25-15-5-7-21(29)36-18(15)12-17-16(25)9-11-34-17/h5,7-9,11-12,19-20,22-24,26,28,30-33H,4,6,10,13H2,1-3H3/b14-8-/t19-,20+,22-,23+,24-,26+/m1/s1. The fraction of sp³-hybridized carbons (Fsp3) is 0.519. The predicted molar refractivity (Wildman–Crippen MR) is 136 cm³/mol. The lowest BCUT2D eigenvalue weighted by molar-refractivity contribution is -0.322. The van der Waals surface area contributed by atoms with Gasteiger partial charge in [0, 0.05) is 12.1 Å². The van der Waals surface area contributed by atoms with Crippen LogP contribution in [0.4, 0.5) is 0 Å². The number of furan rings is 1. The van der Waals surface area contributed by atoms with E-state index in [0.29, 0.717) is 35.1 Å². The monoisotopic (exact) mass is 534 g/mol. The van der Waals surface area contributed by atoms with Crippen LogP contribution in [-0.2, 0) is 9.47 Å². The van der Waals surface area contributed by atoms with Gasteiger partial charge in [-0.3, -0.25) is 0 Å². The number of aliphatic hydroxyl groups is 5. The minimum absolute atomic E-state index is 0.213. The van der Waals surface area contributed by atoms with Gasteiger partial charge in [-0.05, 0) is 51.8 Å². The summed E-state index contributed by atoms with van der Waals surface area (Å²) in [5, 5.41) is 51.8. The van der Waals surface area contributed by atoms with Gasteiger partial charge in [-0.25, -0.2) is 4.79 Å². The van der Waals surface area contributed by atoms with Crippen LogP contribution in [0.15, 0.2) is 55.8 Å². The maximum absolute atomic E-state index is 11.6. The van der Waals surface area contributed by atoms with Crippen molar-refractivity contribution in [1.29, 1.82) is 0 Å². The van der Waals surface area contributed by atoms with E-state index in [2.05, 4.69) is 0 Å². The molecule has 0 aliphatic carbocycles. The van der Waals surface area contributed by atoms with Crippen molar-refractivity contribution >= 4 is 21.9 Å². The topological polar surface area (TPSA) is 172 Å². The molecule has 1 aliphatic heterocycles. The van der Waals surface area contributed by atoms with Gasteiger partial charge in [0.2, 0.25) is 0 Å². The minimum Gasteiger partial charge on any atom is -0.488 e. The second-order valence-corrected chi connectivity index (χ2v) is 10.1. The van der Waals surface area contributed by atoms with Gasteiger partial charge in [0.15, 0.2) is 6.29 Å². The summed E-state index contributed by atoms with van der Waals surface area (Å²) < 4.78 is 28.1. The number of fused-ring (bicyclic) bond motifs is 2. The van der Waals surface area contributed by atoms with Crippen LogP contribution in [-0.4, -0.2) is 81.2 Å². The number of benzene rings is 1. The molecule has 6 atom stereocenters. The highest BCUT2D eigenvalue weighted by Crippen LogP contribution is 2.35. The largest absolute Gasteiger partial charge is 0.488 e. The highest BCUT2D eigenvalue weighted by molar-refractivity contribution is 6.01. The third-order valence-corrected chi connectivity index (χ3v) is 6.70. The number of rotatable bonds is 10. The van der Waals surface area contributed by atoms with Crippen LogP contribution in [0, 0.1) is 0 Å². The van der Waals surface area contributed by atoms with Crippen LogP contribution >= 0.6 is 0 Å². The summed E-state index contributed by atoms with van der Waals surface area (Å²) >= 11 is 0. The Hall–Kier alpha value is -2.77. The van der Waals surface area contributed by atoms with Crippen molar-refractivity contribution in [3.05, 3.63) is 52.6 Å². The molecule has 11 nitrogen and oxygen atoms in total. The number of allylic oxidation sites excluding steroid dienone is 1. The van der Waals surface area contributed by atoms with E-state index in [-0.39, 0.29) is 6.61 Å². The van der Waals surface area contributed by atoms with E-state index in [9.17, 15) is 30.3 Å². The van der Waals surface area contributed by atoms with E-state index in [0.717, 1.165) is 11.0 Å². The first-order valence-electron chi connectivity index (χ1n) is 12.4. The first kappa shape index (κ1) is 28.2. The maximum Gasteiger partial charge on any atom is 0.336 e. The summed E-state index contributed by atoms with van der Waals surface area (Å²) in [6, 6.07) is 6.39. The molecule has 0 saturated carbocycles. The fourth-order valence-corrected chi connectivity index (χ4v) is 4.42. The molecule has 0 spiro atoms. The third-order valence-electron chi connectivity index (χ3n) is 6.70. The zero-order chi connectivity index (χ0) is 27.6. The Bertz CT molecular complexity index is 1320. The first-order valence-corrected chi connectivity index (χ1v) is 12.4. The van der Waals surface area contributed by atoms with Gasteiger partial charge in [-0.15, -0.1) is 0 Å². The summed E-state index contributed by atoms with van der Waals surface area (Å²) in [5.41, 5.74) is 0.0224. The van der Waals surface area contributed by atoms with Crippen molar-refractivity contribution < 1.29 is 48.6 Å². The molecule has 3 aromatic rings. The van der Waals surface area contributed by atoms with Gasteiger partial charge in [0.1, 0.15) is 47.9 Å². The van der Waals surface area contributed by atoms with Gasteiger partial charge in [-0.2, -0.15) is 0 Å². The van der Waals surface area contributed by atoms with Crippen molar-refractivity contribution in [1.82, 2.24) is 0 Å². The van der Waals surface area contributed by atoms with Crippen molar-refractivity contribution in [2.24, 2.45) is 0 Å². The molecule has 0 bridgehead atoms. The fourth-order valence-electron chi connectivity index (χ4n) is 4.42. The summed E-state index contributed by atoms with van der Waals surface area (Å²) in [6.45, 7) is 4.64. The van der Waals surface area contributed by atoms with Crippen LogP contribution < -0.4 is 10.4 Å². The van der Waals surface area contributed by atoms with Crippen LogP contribution in [0.2, 0.25) is 0 Å². The molecule has 2 aromatic heterocycles. The maximum atomic E-state index is 11.6. The second-order valence-electron chi connectivity index (χ2n) is 10.1. The van der Waals surface area contributed by atoms with E-state index >= 15 is 0 Å². The lowest BCUT2D eigenvalue weighted by Crippen LogP contribution is -2.60. The molecular weight excluding hydrogens is 500 g/mol. The molecule has 1 fully saturated rings. The minimum atomic E-state index is -1.57. The second kappa shape index (κ2) is 11.5. The van der Waals surface area contributed by atoms with Gasteiger partial charge in [0.05, 0.1) is 35.3 Å². The lowest BCUT2D eigenvalue weighted by Gasteiger charge is -2.42. The molecule has 1 aliphatic rings. The van der Waals surface area contributed by atoms with E-state index in [4.69, 9.17) is 23.0 Å². The molecule has 0 unspecified atom stereocenters. The first-order chi connectivity index (χ1) is 18.0. The van der Waals surface area contributed by atoms with Gasteiger partial charge < -0.3 is 48.6 Å². The zero-order valence-corrected chi connectivity index (χ0v) is 21.4. The van der Waals surface area contributed by atoms with Gasteiger partial charge >= 0.3 is 5.63 Å². The molecule has 3 heterocycles. The number of ether oxygens (including phenoxy) is 3. The number of hydrogen-bond acceptors (Lipinski definition) is 11. The average molecular weight is 535 g/mol. The third kappa shape index (κ3) is 6.10. The Morgan fingerprint density at radius 3 is 2.55 bits per heavy atom. The quantitative estimate of drug-likeness (QED) is 0.189. The van der Waals surface area contributed by atoms with Gasteiger partial charge in [0.25, 0.3) is 0 Å². The van der Waals surface area contributed by atoms with Crippen LogP contribution in [0.25, 0.3) is 21.9 Å². The van der Waals surface area contributed by atoms with Gasteiger partial charge in [-0.1, -0.05) is 5.57 Å². The van der Waals surface area contributed by atoms with E-state index in [1.807, 2.05) is 13.0 Å². The summed E-state index contributed by atoms with van der Waals surface area (Å²) in [5.74, 6) is 0.527. The summed E-state index contributed by atoms with van der Waals surface area (Å²) in [7, 11) is 0. The van der Waals surface area contributed by atoms with Crippen molar-refractivity contribution in [2.45, 2.75) is 76.0 Å². The van der Waals surface area contributed by atoms with Crippen LogP contribution in [0.5, 0.6) is 5.75 Å². The zero-order valence-electron chi connectivity index (χ0n) is 21.4. The lowest BCUT2D eigenvalue weighted by atomic mass is 9.94. The van der Waals surface area contributed by atoms with Crippen molar-refractivity contribution in [2.75, 3.05) is 13.2 Å². The molecule has 1 aromatic carbocycles. The Kier molecular flexibility index (Phi) is 8.58. The molecule has 0 radical (unpaired) electrons. The Labute approximate surface area is 218 Å². The molecule has 38 heavy (non-hydrogen) atoms. The molecule has 1 saturated heterocycles. The van der Waals surface area contributed by atoms with Crippen LogP contribution in [0.3, 0.4) is 0 Å². The Balaban J connectivity index is 1.42. The normalized spacial score (nSPS) is 25.7. The molecule has 4 rings (SSSR count). The SMILES string of the molecule is C/C(=C/COc1c2ccoc2cc2oc(=O)ccc12)CC[C@H](O[C@@H]1O[C@H](CO)[C@@H](O)[C@H](O)[C@H]1O)C(C)(C)O. The number of hydrogen-bond donors (Lipinski definition) is 5. The molecule has 208 valence electrons.